The highest BCUT2D eigenvalue weighted by molar-refractivity contribution is 6.30. The largest absolute Gasteiger partial charge is 0.465 e. The average Bonchev–Trinajstić information content (AvgIpc) is 2.55. The minimum absolute atomic E-state index is 0. The highest BCUT2D eigenvalue weighted by atomic mass is 35.5. The molecule has 0 aromatic heterocycles. The highest BCUT2D eigenvalue weighted by Gasteiger charge is 2.41. The third-order valence-electron chi connectivity index (χ3n) is 2.86. The lowest BCUT2D eigenvalue weighted by Gasteiger charge is -2.20. The summed E-state index contributed by atoms with van der Waals surface area (Å²) in [6, 6.07) is 5.60. The molecule has 0 spiro atoms. The maximum Gasteiger partial charge on any atom is 0.326 e. The van der Waals surface area contributed by atoms with Crippen molar-refractivity contribution in [3.63, 3.8) is 0 Å². The Labute approximate surface area is 112 Å². The van der Waals surface area contributed by atoms with Crippen LogP contribution in [0.5, 0.6) is 0 Å². The maximum absolute atomic E-state index is 11.7. The third kappa shape index (κ3) is 2.73. The number of hydrogen-bond acceptors (Lipinski definition) is 3. The summed E-state index contributed by atoms with van der Waals surface area (Å²) >= 11 is 5.90. The summed E-state index contributed by atoms with van der Waals surface area (Å²) in [4.78, 5) is 11.7. The van der Waals surface area contributed by atoms with Crippen LogP contribution < -0.4 is 5.73 Å². The van der Waals surface area contributed by atoms with Crippen molar-refractivity contribution in [1.29, 1.82) is 0 Å². The molecule has 0 heterocycles. The number of benzene rings is 1. The second-order valence-corrected chi connectivity index (χ2v) is 4.58. The first-order valence-corrected chi connectivity index (χ1v) is 5.66. The van der Waals surface area contributed by atoms with Crippen molar-refractivity contribution in [2.75, 3.05) is 6.61 Å². The maximum atomic E-state index is 11.7. The van der Waals surface area contributed by atoms with Crippen LogP contribution in [0, 0.1) is 0 Å². The van der Waals surface area contributed by atoms with Crippen LogP contribution in [-0.4, -0.2) is 18.1 Å². The molecule has 2 N–H and O–H groups in total. The number of hydrogen-bond donors (Lipinski definition) is 1. The first kappa shape index (κ1) is 14.3. The normalized spacial score (nSPS) is 21.6. The Morgan fingerprint density at radius 3 is 2.76 bits per heavy atom. The molecule has 0 radical (unpaired) electrons. The molecule has 17 heavy (non-hydrogen) atoms. The van der Waals surface area contributed by atoms with Crippen molar-refractivity contribution in [2.45, 2.75) is 25.3 Å². The van der Waals surface area contributed by atoms with E-state index in [1.165, 1.54) is 0 Å². The fourth-order valence-corrected chi connectivity index (χ4v) is 2.29. The Morgan fingerprint density at radius 2 is 2.12 bits per heavy atom. The van der Waals surface area contributed by atoms with Crippen LogP contribution >= 0.6 is 24.0 Å². The van der Waals surface area contributed by atoms with Gasteiger partial charge in [-0.05, 0) is 30.2 Å². The number of esters is 1. The molecule has 1 atom stereocenters. The van der Waals surface area contributed by atoms with Gasteiger partial charge in [-0.15, -0.1) is 12.4 Å². The van der Waals surface area contributed by atoms with Crippen molar-refractivity contribution in [3.05, 3.63) is 34.3 Å². The number of ether oxygens (including phenoxy) is 1. The molecule has 1 aromatic rings. The molecule has 5 heteroatoms. The predicted octanol–water partition coefficient (Wildman–Crippen LogP) is 2.12. The lowest BCUT2D eigenvalue weighted by Crippen LogP contribution is -2.50. The Kier molecular flexibility index (Phi) is 4.42. The molecule has 1 aromatic carbocycles. The number of rotatable bonds is 2. The Bertz CT molecular complexity index is 437. The topological polar surface area (TPSA) is 52.3 Å². The molecule has 0 fully saturated rings. The number of halogens is 2. The van der Waals surface area contributed by atoms with Crippen LogP contribution in [0.3, 0.4) is 0 Å². The number of carbonyl (C=O) groups is 1. The van der Waals surface area contributed by atoms with Gasteiger partial charge in [0.2, 0.25) is 0 Å². The van der Waals surface area contributed by atoms with Crippen molar-refractivity contribution in [2.24, 2.45) is 5.73 Å². The van der Waals surface area contributed by atoms with E-state index in [4.69, 9.17) is 22.1 Å². The smallest absolute Gasteiger partial charge is 0.326 e. The number of carbonyl (C=O) groups excluding carboxylic acids is 1. The second-order valence-electron chi connectivity index (χ2n) is 4.14. The molecule has 0 bridgehead atoms. The van der Waals surface area contributed by atoms with Crippen LogP contribution in [-0.2, 0) is 22.4 Å². The van der Waals surface area contributed by atoms with Crippen molar-refractivity contribution < 1.29 is 9.53 Å². The lowest BCUT2D eigenvalue weighted by atomic mass is 9.98. The van der Waals surface area contributed by atoms with Crippen LogP contribution in [0.1, 0.15) is 18.1 Å². The fraction of sp³-hybridized carbons (Fsp3) is 0.417. The quantitative estimate of drug-likeness (QED) is 0.842. The number of fused-ring (bicyclic) bond motifs is 1. The predicted molar refractivity (Wildman–Crippen MR) is 69.7 cm³/mol. The standard InChI is InChI=1S/C12H14ClNO2.ClH/c1-2-16-11(15)12(14)6-8-3-4-10(13)5-9(8)7-12;/h3-5H,2,6-7,14H2,1H3;1H. The molecule has 0 aliphatic heterocycles. The van der Waals surface area contributed by atoms with Crippen molar-refractivity contribution >= 4 is 30.0 Å². The zero-order valence-electron chi connectivity index (χ0n) is 9.53. The molecule has 94 valence electrons. The van der Waals surface area contributed by atoms with E-state index in [2.05, 4.69) is 0 Å². The van der Waals surface area contributed by atoms with Gasteiger partial charge >= 0.3 is 5.97 Å². The summed E-state index contributed by atoms with van der Waals surface area (Å²) in [6.45, 7) is 2.13. The molecule has 0 saturated heterocycles. The van der Waals surface area contributed by atoms with Gasteiger partial charge < -0.3 is 10.5 Å². The fourth-order valence-electron chi connectivity index (χ4n) is 2.09. The summed E-state index contributed by atoms with van der Waals surface area (Å²) in [6.07, 6.45) is 1.03. The van der Waals surface area contributed by atoms with E-state index in [0.717, 1.165) is 11.1 Å². The Morgan fingerprint density at radius 1 is 1.47 bits per heavy atom. The monoisotopic (exact) mass is 275 g/mol. The summed E-state index contributed by atoms with van der Waals surface area (Å²) in [7, 11) is 0. The van der Waals surface area contributed by atoms with Gasteiger partial charge in [-0.3, -0.25) is 4.79 Å². The first-order valence-electron chi connectivity index (χ1n) is 5.28. The lowest BCUT2D eigenvalue weighted by molar-refractivity contribution is -0.149. The van der Waals surface area contributed by atoms with Gasteiger partial charge in [0.15, 0.2) is 0 Å². The van der Waals surface area contributed by atoms with Gasteiger partial charge in [0, 0.05) is 17.9 Å². The summed E-state index contributed by atoms with van der Waals surface area (Å²) in [5.41, 5.74) is 7.29. The molecule has 1 aliphatic rings. The molecular weight excluding hydrogens is 261 g/mol. The zero-order valence-corrected chi connectivity index (χ0v) is 11.1. The zero-order chi connectivity index (χ0) is 11.8. The summed E-state index contributed by atoms with van der Waals surface area (Å²) in [5.74, 6) is -0.331. The Balaban J connectivity index is 0.00000144. The van der Waals surface area contributed by atoms with Crippen LogP contribution in [0.2, 0.25) is 5.02 Å². The van der Waals surface area contributed by atoms with Crippen molar-refractivity contribution in [3.8, 4) is 0 Å². The third-order valence-corrected chi connectivity index (χ3v) is 3.10. The van der Waals surface area contributed by atoms with Crippen LogP contribution in [0.25, 0.3) is 0 Å². The SMILES string of the molecule is CCOC(=O)C1(N)Cc2ccc(Cl)cc2C1.Cl. The minimum Gasteiger partial charge on any atom is -0.465 e. The molecule has 1 unspecified atom stereocenters. The van der Waals surface area contributed by atoms with E-state index in [0.29, 0.717) is 24.5 Å². The van der Waals surface area contributed by atoms with Gasteiger partial charge in [0.25, 0.3) is 0 Å². The van der Waals surface area contributed by atoms with Gasteiger partial charge in [-0.25, -0.2) is 0 Å². The van der Waals surface area contributed by atoms with Crippen LogP contribution in [0.4, 0.5) is 0 Å². The molecule has 0 amide bonds. The molecular formula is C12H15Cl2NO2. The van der Waals surface area contributed by atoms with Gasteiger partial charge in [0.05, 0.1) is 6.61 Å². The average molecular weight is 276 g/mol. The van der Waals surface area contributed by atoms with E-state index in [1.54, 1.807) is 6.92 Å². The second kappa shape index (κ2) is 5.25. The van der Waals surface area contributed by atoms with E-state index in [-0.39, 0.29) is 18.4 Å². The molecule has 2 rings (SSSR count). The highest BCUT2D eigenvalue weighted by Crippen LogP contribution is 2.31. The molecule has 1 aliphatic carbocycles. The summed E-state index contributed by atoms with van der Waals surface area (Å²) in [5, 5.41) is 0.673. The first-order chi connectivity index (χ1) is 7.55. The number of nitrogens with two attached hydrogens (primary N) is 1. The van der Waals surface area contributed by atoms with Gasteiger partial charge in [-0.2, -0.15) is 0 Å². The van der Waals surface area contributed by atoms with Crippen LogP contribution in [0.15, 0.2) is 18.2 Å². The molecule has 3 nitrogen and oxygen atoms in total. The summed E-state index contributed by atoms with van der Waals surface area (Å²) < 4.78 is 4.99. The van der Waals surface area contributed by atoms with Gasteiger partial charge in [0.1, 0.15) is 5.54 Å². The van der Waals surface area contributed by atoms with Crippen molar-refractivity contribution in [1.82, 2.24) is 0 Å². The van der Waals surface area contributed by atoms with E-state index >= 15 is 0 Å². The molecule has 0 saturated carbocycles. The minimum atomic E-state index is -0.914. The van der Waals surface area contributed by atoms with E-state index in [9.17, 15) is 4.79 Å². The van der Waals surface area contributed by atoms with E-state index < -0.39 is 5.54 Å². The van der Waals surface area contributed by atoms with E-state index in [1.807, 2.05) is 18.2 Å². The van der Waals surface area contributed by atoms with Gasteiger partial charge in [-0.1, -0.05) is 17.7 Å². The Hall–Kier alpha value is -0.770.